The highest BCUT2D eigenvalue weighted by Gasteiger charge is 2.38. The number of nitrogens with one attached hydrogen (secondary N) is 1. The summed E-state index contributed by atoms with van der Waals surface area (Å²) in [5, 5.41) is 13.4. The average molecular weight is 309 g/mol. The quantitative estimate of drug-likeness (QED) is 0.776. The second-order valence-electron chi connectivity index (χ2n) is 6.74. The molecule has 1 fully saturated rings. The molecule has 1 aliphatic rings. The summed E-state index contributed by atoms with van der Waals surface area (Å²) in [6.07, 6.45) is 4.94. The molecule has 0 aliphatic heterocycles. The molecule has 0 heterocycles. The Hall–Kier alpha value is -0.970. The second kappa shape index (κ2) is 8.04. The summed E-state index contributed by atoms with van der Waals surface area (Å²) < 4.78 is 18.6. The minimum Gasteiger partial charge on any atom is -0.396 e. The molecule has 0 bridgehead atoms. The van der Waals surface area contributed by atoms with Gasteiger partial charge in [0, 0.05) is 37.8 Å². The van der Waals surface area contributed by atoms with Crippen LogP contribution in [-0.4, -0.2) is 37.5 Å². The number of methoxy groups -OCH3 is 1. The first-order chi connectivity index (χ1) is 10.6. The van der Waals surface area contributed by atoms with Crippen molar-refractivity contribution in [3.63, 3.8) is 0 Å². The maximum Gasteiger partial charge on any atom is 0.123 e. The molecule has 0 aromatic heterocycles. The number of aliphatic hydroxyl groups is 1. The Morgan fingerprint density at radius 2 is 2.32 bits per heavy atom. The first-order valence-electron chi connectivity index (χ1n) is 8.17. The molecular formula is C18H28FNO2. The van der Waals surface area contributed by atoms with Crippen LogP contribution in [0.15, 0.2) is 24.3 Å². The Kier molecular flexibility index (Phi) is 6.36. The van der Waals surface area contributed by atoms with E-state index < -0.39 is 0 Å². The van der Waals surface area contributed by atoms with E-state index >= 15 is 0 Å². The molecule has 0 amide bonds. The summed E-state index contributed by atoms with van der Waals surface area (Å²) in [6.45, 7) is 3.03. The van der Waals surface area contributed by atoms with Crippen LogP contribution in [0.1, 0.15) is 38.2 Å². The molecule has 0 spiro atoms. The largest absolute Gasteiger partial charge is 0.396 e. The van der Waals surface area contributed by atoms with Gasteiger partial charge in [-0.25, -0.2) is 4.39 Å². The lowest BCUT2D eigenvalue weighted by molar-refractivity contribution is 0.108. The Balaban J connectivity index is 2.02. The fourth-order valence-electron chi connectivity index (χ4n) is 3.44. The maximum absolute atomic E-state index is 13.4. The van der Waals surface area contributed by atoms with Gasteiger partial charge in [-0.3, -0.25) is 0 Å². The average Bonchev–Trinajstić information content (AvgIpc) is 2.86. The molecular weight excluding hydrogens is 281 g/mol. The van der Waals surface area contributed by atoms with Crippen LogP contribution in [0.4, 0.5) is 4.39 Å². The van der Waals surface area contributed by atoms with E-state index in [-0.39, 0.29) is 23.9 Å². The molecule has 1 saturated carbocycles. The summed E-state index contributed by atoms with van der Waals surface area (Å²) in [7, 11) is 1.70. The van der Waals surface area contributed by atoms with Gasteiger partial charge in [-0.1, -0.05) is 25.5 Å². The van der Waals surface area contributed by atoms with Crippen molar-refractivity contribution in [3.05, 3.63) is 35.6 Å². The van der Waals surface area contributed by atoms with Crippen LogP contribution in [0.5, 0.6) is 0 Å². The van der Waals surface area contributed by atoms with E-state index in [1.165, 1.54) is 6.07 Å². The lowest BCUT2D eigenvalue weighted by Crippen LogP contribution is -2.47. The van der Waals surface area contributed by atoms with Gasteiger partial charge in [-0.15, -0.1) is 0 Å². The van der Waals surface area contributed by atoms with E-state index in [1.54, 1.807) is 19.2 Å². The first-order valence-corrected chi connectivity index (χ1v) is 8.17. The van der Waals surface area contributed by atoms with Gasteiger partial charge in [-0.05, 0) is 43.4 Å². The lowest BCUT2D eigenvalue weighted by atomic mass is 9.85. The summed E-state index contributed by atoms with van der Waals surface area (Å²) in [5.74, 6) is -0.191. The smallest absolute Gasteiger partial charge is 0.123 e. The zero-order valence-electron chi connectivity index (χ0n) is 13.6. The van der Waals surface area contributed by atoms with E-state index in [1.807, 2.05) is 6.07 Å². The van der Waals surface area contributed by atoms with Crippen molar-refractivity contribution >= 4 is 0 Å². The minimum atomic E-state index is -0.191. The zero-order chi connectivity index (χ0) is 16.0. The number of benzene rings is 1. The van der Waals surface area contributed by atoms with E-state index in [0.29, 0.717) is 12.6 Å². The molecule has 3 atom stereocenters. The highest BCUT2D eigenvalue weighted by atomic mass is 19.1. The molecule has 1 aromatic carbocycles. The highest BCUT2D eigenvalue weighted by Crippen LogP contribution is 2.37. The number of halogens is 1. The van der Waals surface area contributed by atoms with Gasteiger partial charge in [0.1, 0.15) is 5.82 Å². The van der Waals surface area contributed by atoms with Gasteiger partial charge in [0.25, 0.3) is 0 Å². The summed E-state index contributed by atoms with van der Waals surface area (Å²) in [6, 6.07) is 7.33. The van der Waals surface area contributed by atoms with Gasteiger partial charge < -0.3 is 15.2 Å². The number of rotatable bonds is 8. The third-order valence-electron chi connectivity index (χ3n) is 4.92. The van der Waals surface area contributed by atoms with E-state index in [2.05, 4.69) is 12.2 Å². The van der Waals surface area contributed by atoms with Crippen LogP contribution in [0.25, 0.3) is 0 Å². The standard InChI is InChI=1S/C18H28FNO2/c1-18(13-21)9-4-7-17(18)20-16(8-10-22-2)12-14-5-3-6-15(19)11-14/h3,5-6,11,16-17,20-21H,4,7-10,12-13H2,1-2H3. The SMILES string of the molecule is COCCC(Cc1cccc(F)c1)NC1CCCC1(C)CO. The molecule has 1 aromatic rings. The van der Waals surface area contributed by atoms with E-state index in [0.717, 1.165) is 37.7 Å². The molecule has 3 nitrogen and oxygen atoms in total. The summed E-state index contributed by atoms with van der Waals surface area (Å²) in [5.41, 5.74) is 0.949. The van der Waals surface area contributed by atoms with Crippen LogP contribution >= 0.6 is 0 Å². The second-order valence-corrected chi connectivity index (χ2v) is 6.74. The van der Waals surface area contributed by atoms with Crippen LogP contribution < -0.4 is 5.32 Å². The van der Waals surface area contributed by atoms with Crippen molar-refractivity contribution in [2.45, 2.75) is 51.1 Å². The van der Waals surface area contributed by atoms with Crippen LogP contribution in [-0.2, 0) is 11.2 Å². The fraction of sp³-hybridized carbons (Fsp3) is 0.667. The predicted octanol–water partition coefficient (Wildman–Crippen LogP) is 2.91. The van der Waals surface area contributed by atoms with Gasteiger partial charge in [-0.2, -0.15) is 0 Å². The molecule has 124 valence electrons. The highest BCUT2D eigenvalue weighted by molar-refractivity contribution is 5.17. The monoisotopic (exact) mass is 309 g/mol. The molecule has 0 radical (unpaired) electrons. The Morgan fingerprint density at radius 3 is 3.00 bits per heavy atom. The third kappa shape index (κ3) is 4.51. The first kappa shape index (κ1) is 17.4. The number of aliphatic hydroxyl groups excluding tert-OH is 1. The third-order valence-corrected chi connectivity index (χ3v) is 4.92. The maximum atomic E-state index is 13.4. The molecule has 22 heavy (non-hydrogen) atoms. The molecule has 3 unspecified atom stereocenters. The van der Waals surface area contributed by atoms with Crippen LogP contribution in [0, 0.1) is 11.2 Å². The molecule has 2 N–H and O–H groups in total. The van der Waals surface area contributed by atoms with Gasteiger partial charge in [0.15, 0.2) is 0 Å². The normalized spacial score (nSPS) is 26.3. The lowest BCUT2D eigenvalue weighted by Gasteiger charge is -2.34. The van der Waals surface area contributed by atoms with Crippen molar-refractivity contribution in [3.8, 4) is 0 Å². The van der Waals surface area contributed by atoms with E-state index in [9.17, 15) is 9.50 Å². The van der Waals surface area contributed by atoms with Crippen LogP contribution in [0.3, 0.4) is 0 Å². The van der Waals surface area contributed by atoms with Crippen molar-refractivity contribution in [1.82, 2.24) is 5.32 Å². The molecule has 2 rings (SSSR count). The Bertz CT molecular complexity index is 468. The fourth-order valence-corrected chi connectivity index (χ4v) is 3.44. The molecule has 1 aliphatic carbocycles. The van der Waals surface area contributed by atoms with Crippen molar-refractivity contribution in [2.24, 2.45) is 5.41 Å². The summed E-state index contributed by atoms with van der Waals surface area (Å²) in [4.78, 5) is 0. The van der Waals surface area contributed by atoms with Gasteiger partial charge in [0.05, 0.1) is 0 Å². The number of ether oxygens (including phenoxy) is 1. The van der Waals surface area contributed by atoms with Crippen molar-refractivity contribution < 1.29 is 14.2 Å². The van der Waals surface area contributed by atoms with Crippen molar-refractivity contribution in [2.75, 3.05) is 20.3 Å². The minimum absolute atomic E-state index is 0.0484. The van der Waals surface area contributed by atoms with Crippen molar-refractivity contribution in [1.29, 1.82) is 0 Å². The van der Waals surface area contributed by atoms with Crippen LogP contribution in [0.2, 0.25) is 0 Å². The topological polar surface area (TPSA) is 41.5 Å². The van der Waals surface area contributed by atoms with Gasteiger partial charge in [0.2, 0.25) is 0 Å². The number of hydrogen-bond donors (Lipinski definition) is 2. The summed E-state index contributed by atoms with van der Waals surface area (Å²) >= 11 is 0. The molecule has 4 heteroatoms. The number of hydrogen-bond acceptors (Lipinski definition) is 3. The molecule has 0 saturated heterocycles. The Morgan fingerprint density at radius 1 is 1.50 bits per heavy atom. The zero-order valence-corrected chi connectivity index (χ0v) is 13.6. The predicted molar refractivity (Wildman–Crippen MR) is 86.4 cm³/mol. The Labute approximate surface area is 132 Å². The van der Waals surface area contributed by atoms with E-state index in [4.69, 9.17) is 4.74 Å². The van der Waals surface area contributed by atoms with Gasteiger partial charge >= 0.3 is 0 Å².